The highest BCUT2D eigenvalue weighted by atomic mass is 35.5. The maximum absolute atomic E-state index is 13.2. The Morgan fingerprint density at radius 2 is 2.07 bits per heavy atom. The van der Waals surface area contributed by atoms with Gasteiger partial charge in [-0.3, -0.25) is 14.2 Å². The van der Waals surface area contributed by atoms with Crippen molar-refractivity contribution in [1.29, 1.82) is 0 Å². The van der Waals surface area contributed by atoms with E-state index in [-0.39, 0.29) is 22.9 Å². The van der Waals surface area contributed by atoms with Crippen LogP contribution < -0.4 is 10.9 Å². The smallest absolute Gasteiger partial charge is 0.262 e. The van der Waals surface area contributed by atoms with Crippen molar-refractivity contribution in [2.75, 3.05) is 11.1 Å². The number of hydrogen-bond acceptors (Lipinski definition) is 4. The topological polar surface area (TPSA) is 64.0 Å². The zero-order chi connectivity index (χ0) is 19.4. The lowest BCUT2D eigenvalue weighted by atomic mass is 10.2. The number of para-hydroxylation sites is 1. The molecule has 0 atom stereocenters. The van der Waals surface area contributed by atoms with E-state index in [0.717, 1.165) is 0 Å². The normalized spacial score (nSPS) is 10.9. The van der Waals surface area contributed by atoms with Crippen molar-refractivity contribution in [3.05, 3.63) is 63.7 Å². The van der Waals surface area contributed by atoms with Gasteiger partial charge in [-0.1, -0.05) is 35.5 Å². The Bertz CT molecular complexity index is 1050. The lowest BCUT2D eigenvalue weighted by Gasteiger charge is -2.11. The minimum absolute atomic E-state index is 0.0468. The fraction of sp³-hybridized carbons (Fsp3) is 0.211. The van der Waals surface area contributed by atoms with Crippen LogP contribution >= 0.6 is 23.4 Å². The molecular weight excluding hydrogens is 389 g/mol. The van der Waals surface area contributed by atoms with Crippen LogP contribution in [0.1, 0.15) is 13.3 Å². The fourth-order valence-electron chi connectivity index (χ4n) is 2.57. The molecule has 1 heterocycles. The van der Waals surface area contributed by atoms with E-state index in [1.54, 1.807) is 16.7 Å². The van der Waals surface area contributed by atoms with Crippen LogP contribution in [0.2, 0.25) is 5.02 Å². The molecule has 0 saturated carbocycles. The van der Waals surface area contributed by atoms with Gasteiger partial charge in [0.1, 0.15) is 5.82 Å². The van der Waals surface area contributed by atoms with Crippen LogP contribution in [0.4, 0.5) is 10.1 Å². The standard InChI is InChI=1S/C19H17ClFN3O2S/c1-2-24-18(26)13-5-3-4-6-16(13)23-19(24)27-10-9-17(25)22-12-7-8-15(21)14(20)11-12/h3-8,11H,2,9-10H2,1H3,(H,22,25). The number of nitrogens with one attached hydrogen (secondary N) is 1. The van der Waals surface area contributed by atoms with E-state index in [9.17, 15) is 14.0 Å². The number of fused-ring (bicyclic) bond motifs is 1. The summed E-state index contributed by atoms with van der Waals surface area (Å²) in [6.45, 7) is 2.38. The first-order valence-corrected chi connectivity index (χ1v) is 9.73. The minimum Gasteiger partial charge on any atom is -0.326 e. The molecule has 8 heteroatoms. The van der Waals surface area contributed by atoms with Crippen LogP contribution in [-0.4, -0.2) is 21.2 Å². The van der Waals surface area contributed by atoms with Gasteiger partial charge in [0.25, 0.3) is 5.56 Å². The van der Waals surface area contributed by atoms with Gasteiger partial charge in [-0.15, -0.1) is 0 Å². The highest BCUT2D eigenvalue weighted by Crippen LogP contribution is 2.21. The highest BCUT2D eigenvalue weighted by Gasteiger charge is 2.11. The summed E-state index contributed by atoms with van der Waals surface area (Å²) in [6.07, 6.45) is 0.214. The Kier molecular flexibility index (Phi) is 6.13. The maximum atomic E-state index is 13.2. The number of anilines is 1. The van der Waals surface area contributed by atoms with Crippen molar-refractivity contribution in [2.24, 2.45) is 0 Å². The summed E-state index contributed by atoms with van der Waals surface area (Å²) in [5.41, 5.74) is 0.988. The Morgan fingerprint density at radius 3 is 2.81 bits per heavy atom. The first-order chi connectivity index (χ1) is 13.0. The number of thioether (sulfide) groups is 1. The minimum atomic E-state index is -0.537. The van der Waals surface area contributed by atoms with Gasteiger partial charge < -0.3 is 5.32 Å². The summed E-state index contributed by atoms with van der Waals surface area (Å²) in [5, 5.41) is 3.79. The Hall–Kier alpha value is -2.38. The number of halogens is 2. The number of amides is 1. The molecule has 0 spiro atoms. The number of carbonyl (C=O) groups is 1. The quantitative estimate of drug-likeness (QED) is 0.489. The average Bonchev–Trinajstić information content (AvgIpc) is 2.65. The van der Waals surface area contributed by atoms with Crippen molar-refractivity contribution in [2.45, 2.75) is 25.0 Å². The number of aromatic nitrogens is 2. The maximum Gasteiger partial charge on any atom is 0.262 e. The fourth-order valence-corrected chi connectivity index (χ4v) is 3.75. The zero-order valence-corrected chi connectivity index (χ0v) is 16.1. The average molecular weight is 406 g/mol. The van der Waals surface area contributed by atoms with E-state index in [1.807, 2.05) is 19.1 Å². The molecule has 3 aromatic rings. The Morgan fingerprint density at radius 1 is 1.30 bits per heavy atom. The van der Waals surface area contributed by atoms with Crippen LogP contribution in [-0.2, 0) is 11.3 Å². The van der Waals surface area contributed by atoms with Gasteiger partial charge in [-0.25, -0.2) is 9.37 Å². The van der Waals surface area contributed by atoms with E-state index >= 15 is 0 Å². The van der Waals surface area contributed by atoms with Crippen molar-refractivity contribution in [1.82, 2.24) is 9.55 Å². The van der Waals surface area contributed by atoms with Gasteiger partial charge in [0, 0.05) is 24.4 Å². The third-order valence-electron chi connectivity index (χ3n) is 3.91. The van der Waals surface area contributed by atoms with Gasteiger partial charge >= 0.3 is 0 Å². The number of benzene rings is 2. The molecule has 0 unspecified atom stereocenters. The first-order valence-electron chi connectivity index (χ1n) is 8.37. The molecule has 27 heavy (non-hydrogen) atoms. The van der Waals surface area contributed by atoms with Gasteiger partial charge in [-0.2, -0.15) is 0 Å². The van der Waals surface area contributed by atoms with Crippen LogP contribution in [0.3, 0.4) is 0 Å². The summed E-state index contributed by atoms with van der Waals surface area (Å²) >= 11 is 7.06. The van der Waals surface area contributed by atoms with E-state index in [0.29, 0.717) is 34.0 Å². The molecule has 0 fully saturated rings. The number of rotatable bonds is 6. The SMILES string of the molecule is CCn1c(SCCC(=O)Nc2ccc(F)c(Cl)c2)nc2ccccc2c1=O. The summed E-state index contributed by atoms with van der Waals surface area (Å²) in [6, 6.07) is 11.2. The Labute approximate surface area is 164 Å². The molecule has 140 valence electrons. The van der Waals surface area contributed by atoms with Crippen LogP contribution in [0.15, 0.2) is 52.4 Å². The molecule has 0 saturated heterocycles. The van der Waals surface area contributed by atoms with E-state index in [1.165, 1.54) is 30.0 Å². The second-order valence-electron chi connectivity index (χ2n) is 5.74. The van der Waals surface area contributed by atoms with E-state index < -0.39 is 5.82 Å². The molecule has 0 radical (unpaired) electrons. The summed E-state index contributed by atoms with van der Waals surface area (Å²) in [5.74, 6) is -0.313. The van der Waals surface area contributed by atoms with Gasteiger partial charge in [-0.05, 0) is 37.3 Å². The van der Waals surface area contributed by atoms with Crippen molar-refractivity contribution >= 4 is 45.9 Å². The van der Waals surface area contributed by atoms with Crippen molar-refractivity contribution in [3.8, 4) is 0 Å². The monoisotopic (exact) mass is 405 g/mol. The molecule has 1 aromatic heterocycles. The summed E-state index contributed by atoms with van der Waals surface area (Å²) < 4.78 is 14.8. The second kappa shape index (κ2) is 8.54. The van der Waals surface area contributed by atoms with E-state index in [4.69, 9.17) is 11.6 Å². The number of carbonyl (C=O) groups excluding carboxylic acids is 1. The predicted octanol–water partition coefficient (Wildman–Crippen LogP) is 4.33. The van der Waals surface area contributed by atoms with Crippen LogP contribution in [0.25, 0.3) is 10.9 Å². The van der Waals surface area contributed by atoms with Gasteiger partial charge in [0.15, 0.2) is 5.16 Å². The molecule has 2 aromatic carbocycles. The first kappa shape index (κ1) is 19.4. The summed E-state index contributed by atoms with van der Waals surface area (Å²) in [4.78, 5) is 29.2. The molecule has 5 nitrogen and oxygen atoms in total. The molecular formula is C19H17ClFN3O2S. The molecule has 0 aliphatic heterocycles. The number of nitrogens with zero attached hydrogens (tertiary/aromatic N) is 2. The van der Waals surface area contributed by atoms with Crippen LogP contribution in [0.5, 0.6) is 0 Å². The zero-order valence-electron chi connectivity index (χ0n) is 14.5. The van der Waals surface area contributed by atoms with Crippen molar-refractivity contribution in [3.63, 3.8) is 0 Å². The largest absolute Gasteiger partial charge is 0.326 e. The highest BCUT2D eigenvalue weighted by molar-refractivity contribution is 7.99. The van der Waals surface area contributed by atoms with Crippen LogP contribution in [0, 0.1) is 5.82 Å². The van der Waals surface area contributed by atoms with Gasteiger partial charge in [0.2, 0.25) is 5.91 Å². The molecule has 1 N–H and O–H groups in total. The second-order valence-corrected chi connectivity index (χ2v) is 7.21. The molecule has 0 bridgehead atoms. The molecule has 0 aliphatic rings. The third-order valence-corrected chi connectivity index (χ3v) is 5.17. The molecule has 0 aliphatic carbocycles. The molecule has 3 rings (SSSR count). The van der Waals surface area contributed by atoms with Crippen molar-refractivity contribution < 1.29 is 9.18 Å². The Balaban J connectivity index is 1.67. The lowest BCUT2D eigenvalue weighted by molar-refractivity contribution is -0.115. The van der Waals surface area contributed by atoms with Gasteiger partial charge in [0.05, 0.1) is 15.9 Å². The predicted molar refractivity (Wildman–Crippen MR) is 107 cm³/mol. The lowest BCUT2D eigenvalue weighted by Crippen LogP contribution is -2.22. The number of hydrogen-bond donors (Lipinski definition) is 1. The summed E-state index contributed by atoms with van der Waals surface area (Å²) in [7, 11) is 0. The molecule has 1 amide bonds. The third kappa shape index (κ3) is 4.48. The van der Waals surface area contributed by atoms with E-state index in [2.05, 4.69) is 10.3 Å².